The van der Waals surface area contributed by atoms with E-state index in [0.717, 1.165) is 32.5 Å². The lowest BCUT2D eigenvalue weighted by Crippen LogP contribution is -2.44. The fourth-order valence-corrected chi connectivity index (χ4v) is 6.13. The third-order valence-corrected chi connectivity index (χ3v) is 8.05. The zero-order valence-corrected chi connectivity index (χ0v) is 18.0. The molecule has 1 fully saturated rings. The minimum Gasteiger partial charge on any atom is -0.381 e. The minimum atomic E-state index is -3.68. The Morgan fingerprint density at radius 1 is 1.03 bits per heavy atom. The average Bonchev–Trinajstić information content (AvgIpc) is 2.77. The smallest absolute Gasteiger partial charge is 0.243 e. The Morgan fingerprint density at radius 3 is 2.47 bits per heavy atom. The highest BCUT2D eigenvalue weighted by atomic mass is 32.2. The largest absolute Gasteiger partial charge is 0.381 e. The lowest BCUT2D eigenvalue weighted by molar-refractivity contribution is 0.0575. The van der Waals surface area contributed by atoms with Crippen molar-refractivity contribution < 1.29 is 17.5 Å². The standard InChI is InChI=1S/C23H29FN2O3S/c24-21-6-8-23(9-7-21)30(27,28)26(22-11-16-29-17-12-22)14-3-13-25-15-10-19-4-1-2-5-20(19)18-25/h1-2,4-9,22H,3,10-18H2. The van der Waals surface area contributed by atoms with Gasteiger partial charge in [0.2, 0.25) is 10.0 Å². The van der Waals surface area contributed by atoms with Crippen LogP contribution in [0.25, 0.3) is 0 Å². The predicted octanol–water partition coefficient (Wildman–Crippen LogP) is 3.44. The van der Waals surface area contributed by atoms with Gasteiger partial charge in [0.05, 0.1) is 4.90 Å². The highest BCUT2D eigenvalue weighted by molar-refractivity contribution is 7.89. The van der Waals surface area contributed by atoms with Crippen molar-refractivity contribution in [3.8, 4) is 0 Å². The lowest BCUT2D eigenvalue weighted by Gasteiger charge is -2.34. The van der Waals surface area contributed by atoms with Crippen LogP contribution in [0.3, 0.4) is 0 Å². The topological polar surface area (TPSA) is 49.9 Å². The predicted molar refractivity (Wildman–Crippen MR) is 114 cm³/mol. The summed E-state index contributed by atoms with van der Waals surface area (Å²) in [6.07, 6.45) is 3.18. The molecule has 2 aromatic rings. The second-order valence-corrected chi connectivity index (χ2v) is 9.95. The molecule has 2 aliphatic rings. The first-order valence-electron chi connectivity index (χ1n) is 10.7. The molecule has 0 saturated carbocycles. The monoisotopic (exact) mass is 432 g/mol. The number of ether oxygens (including phenoxy) is 1. The Labute approximate surface area is 178 Å². The van der Waals surface area contributed by atoms with Gasteiger partial charge < -0.3 is 4.74 Å². The fourth-order valence-electron chi connectivity index (χ4n) is 4.41. The second-order valence-electron chi connectivity index (χ2n) is 8.06. The second kappa shape index (κ2) is 9.56. The van der Waals surface area contributed by atoms with E-state index in [2.05, 4.69) is 29.2 Å². The van der Waals surface area contributed by atoms with Crippen LogP contribution in [0.15, 0.2) is 53.4 Å². The molecule has 2 aliphatic heterocycles. The van der Waals surface area contributed by atoms with Gasteiger partial charge in [0.25, 0.3) is 0 Å². The Bertz CT molecular complexity index is 943. The molecule has 0 spiro atoms. The van der Waals surface area contributed by atoms with Crippen molar-refractivity contribution in [1.82, 2.24) is 9.21 Å². The van der Waals surface area contributed by atoms with Gasteiger partial charge in [-0.1, -0.05) is 24.3 Å². The molecule has 2 heterocycles. The zero-order valence-electron chi connectivity index (χ0n) is 17.2. The normalized spacial score (nSPS) is 18.5. The van der Waals surface area contributed by atoms with Gasteiger partial charge in [0, 0.05) is 38.9 Å². The maximum absolute atomic E-state index is 13.3. The van der Waals surface area contributed by atoms with E-state index >= 15 is 0 Å². The molecule has 0 aliphatic carbocycles. The summed E-state index contributed by atoms with van der Waals surface area (Å²) in [6, 6.07) is 13.6. The molecule has 4 rings (SSSR count). The Morgan fingerprint density at radius 2 is 1.73 bits per heavy atom. The minimum absolute atomic E-state index is 0.0733. The van der Waals surface area contributed by atoms with Gasteiger partial charge in [-0.25, -0.2) is 12.8 Å². The number of hydrogen-bond donors (Lipinski definition) is 0. The van der Waals surface area contributed by atoms with Gasteiger partial charge in [0.15, 0.2) is 0 Å². The molecule has 0 amide bonds. The van der Waals surface area contributed by atoms with Crippen LogP contribution < -0.4 is 0 Å². The van der Waals surface area contributed by atoms with Crippen LogP contribution in [0.5, 0.6) is 0 Å². The number of fused-ring (bicyclic) bond motifs is 1. The van der Waals surface area contributed by atoms with Gasteiger partial charge in [-0.3, -0.25) is 4.90 Å². The van der Waals surface area contributed by atoms with Crippen LogP contribution in [-0.4, -0.2) is 56.5 Å². The third-order valence-electron chi connectivity index (χ3n) is 6.08. The van der Waals surface area contributed by atoms with Crippen LogP contribution in [0, 0.1) is 5.82 Å². The van der Waals surface area contributed by atoms with E-state index in [1.54, 1.807) is 4.31 Å². The number of sulfonamides is 1. The van der Waals surface area contributed by atoms with E-state index in [1.165, 1.54) is 35.4 Å². The van der Waals surface area contributed by atoms with Crippen molar-refractivity contribution in [1.29, 1.82) is 0 Å². The van der Waals surface area contributed by atoms with Gasteiger partial charge >= 0.3 is 0 Å². The van der Waals surface area contributed by atoms with Crippen molar-refractivity contribution in [2.24, 2.45) is 0 Å². The average molecular weight is 433 g/mol. The molecular formula is C23H29FN2O3S. The molecule has 0 bridgehead atoms. The summed E-state index contributed by atoms with van der Waals surface area (Å²) in [5.41, 5.74) is 2.78. The molecular weight excluding hydrogens is 403 g/mol. The zero-order chi connectivity index (χ0) is 21.0. The molecule has 0 N–H and O–H groups in total. The van der Waals surface area contributed by atoms with Gasteiger partial charge in [-0.05, 0) is 67.6 Å². The van der Waals surface area contributed by atoms with Gasteiger partial charge in [-0.15, -0.1) is 0 Å². The molecule has 0 unspecified atom stereocenters. The van der Waals surface area contributed by atoms with E-state index in [9.17, 15) is 12.8 Å². The van der Waals surface area contributed by atoms with Gasteiger partial charge in [-0.2, -0.15) is 4.31 Å². The van der Waals surface area contributed by atoms with Crippen LogP contribution in [0.4, 0.5) is 4.39 Å². The van der Waals surface area contributed by atoms with E-state index in [4.69, 9.17) is 4.74 Å². The number of hydrogen-bond acceptors (Lipinski definition) is 4. The summed E-state index contributed by atoms with van der Waals surface area (Å²) < 4.78 is 47.1. The number of nitrogens with zero attached hydrogens (tertiary/aromatic N) is 2. The third kappa shape index (κ3) is 4.91. The quantitative estimate of drug-likeness (QED) is 0.673. The summed E-state index contributed by atoms with van der Waals surface area (Å²) in [4.78, 5) is 2.55. The highest BCUT2D eigenvalue weighted by Crippen LogP contribution is 2.25. The fraction of sp³-hybridized carbons (Fsp3) is 0.478. The van der Waals surface area contributed by atoms with Crippen LogP contribution in [0.1, 0.15) is 30.4 Å². The summed E-state index contributed by atoms with van der Waals surface area (Å²) in [6.45, 7) is 4.37. The van der Waals surface area contributed by atoms with Gasteiger partial charge in [0.1, 0.15) is 5.82 Å². The Hall–Kier alpha value is -1.80. The first-order valence-corrected chi connectivity index (χ1v) is 12.1. The Balaban J connectivity index is 1.43. The van der Waals surface area contributed by atoms with Crippen molar-refractivity contribution >= 4 is 10.0 Å². The lowest BCUT2D eigenvalue weighted by atomic mass is 10.00. The van der Waals surface area contributed by atoms with Crippen LogP contribution in [0.2, 0.25) is 0 Å². The van der Waals surface area contributed by atoms with Crippen molar-refractivity contribution in [2.75, 3.05) is 32.8 Å². The summed E-state index contributed by atoms with van der Waals surface area (Å²) in [5.74, 6) is -0.433. The number of benzene rings is 2. The van der Waals surface area contributed by atoms with Crippen molar-refractivity contribution in [3.63, 3.8) is 0 Å². The molecule has 30 heavy (non-hydrogen) atoms. The van der Waals surface area contributed by atoms with Crippen molar-refractivity contribution in [3.05, 3.63) is 65.5 Å². The van der Waals surface area contributed by atoms with Crippen LogP contribution >= 0.6 is 0 Å². The number of halogens is 1. The van der Waals surface area contributed by atoms with E-state index in [0.29, 0.717) is 32.6 Å². The molecule has 7 heteroatoms. The molecule has 1 saturated heterocycles. The first kappa shape index (κ1) is 21.4. The summed E-state index contributed by atoms with van der Waals surface area (Å²) in [7, 11) is -3.68. The SMILES string of the molecule is O=S(=O)(c1ccc(F)cc1)N(CCCN1CCc2ccccc2C1)C1CCOCC1. The maximum Gasteiger partial charge on any atom is 0.243 e. The molecule has 2 aromatic carbocycles. The van der Waals surface area contributed by atoms with E-state index in [-0.39, 0.29) is 10.9 Å². The van der Waals surface area contributed by atoms with E-state index in [1.807, 2.05) is 0 Å². The highest BCUT2D eigenvalue weighted by Gasteiger charge is 2.32. The van der Waals surface area contributed by atoms with E-state index < -0.39 is 15.8 Å². The molecule has 0 aromatic heterocycles. The number of rotatable bonds is 7. The molecule has 0 radical (unpaired) electrons. The summed E-state index contributed by atoms with van der Waals surface area (Å²) >= 11 is 0. The van der Waals surface area contributed by atoms with Crippen LogP contribution in [-0.2, 0) is 27.7 Å². The molecule has 162 valence electrons. The molecule has 5 nitrogen and oxygen atoms in total. The van der Waals surface area contributed by atoms with Crippen molar-refractivity contribution in [2.45, 2.75) is 43.2 Å². The first-order chi connectivity index (χ1) is 14.5. The molecule has 0 atom stereocenters. The Kier molecular flexibility index (Phi) is 6.83. The maximum atomic E-state index is 13.3. The summed E-state index contributed by atoms with van der Waals surface area (Å²) in [5, 5.41) is 0.